The summed E-state index contributed by atoms with van der Waals surface area (Å²) in [6.45, 7) is 4.78. The Labute approximate surface area is 255 Å². The molecule has 2 aromatic carbocycles. The monoisotopic (exact) mass is 615 g/mol. The maximum absolute atomic E-state index is 15.7. The zero-order valence-electron chi connectivity index (χ0n) is 25.2. The highest BCUT2D eigenvalue weighted by Crippen LogP contribution is 2.44. The van der Waals surface area contributed by atoms with E-state index in [-0.39, 0.29) is 18.4 Å². The van der Waals surface area contributed by atoms with Crippen molar-refractivity contribution in [3.05, 3.63) is 59.7 Å². The van der Waals surface area contributed by atoms with Crippen molar-refractivity contribution in [1.82, 2.24) is 14.9 Å². The molecular weight excluding hydrogens is 572 g/mol. The number of hydrogen-bond donors (Lipinski definition) is 2. The van der Waals surface area contributed by atoms with E-state index in [0.717, 1.165) is 41.5 Å². The van der Waals surface area contributed by atoms with E-state index in [1.807, 2.05) is 36.4 Å². The molecule has 5 rings (SSSR count). The van der Waals surface area contributed by atoms with Gasteiger partial charge in [-0.25, -0.2) is 22.5 Å². The molecule has 3 aliphatic rings. The largest absolute Gasteiger partial charge is 0.448 e. The van der Waals surface area contributed by atoms with Crippen LogP contribution in [0.15, 0.2) is 48.5 Å². The predicted octanol–water partition coefficient (Wildman–Crippen LogP) is 6.15. The second kappa shape index (κ2) is 13.0. The number of alkyl halides is 2. The van der Waals surface area contributed by atoms with Gasteiger partial charge in [0, 0.05) is 12.5 Å². The van der Waals surface area contributed by atoms with Crippen LogP contribution in [0.3, 0.4) is 0 Å². The lowest BCUT2D eigenvalue weighted by Crippen LogP contribution is -2.58. The van der Waals surface area contributed by atoms with Gasteiger partial charge in [-0.1, -0.05) is 67.8 Å². The number of fused-ring (bicyclic) bond motifs is 3. The Bertz CT molecular complexity index is 1300. The molecule has 234 valence electrons. The van der Waals surface area contributed by atoms with Gasteiger partial charge in [0.25, 0.3) is 5.92 Å². The fourth-order valence-electron chi connectivity index (χ4n) is 6.65. The highest BCUT2D eigenvalue weighted by atomic mass is 32.2. The lowest BCUT2D eigenvalue weighted by Gasteiger charge is -2.37. The molecule has 2 aromatic rings. The van der Waals surface area contributed by atoms with Crippen LogP contribution in [0.1, 0.15) is 82.8 Å². The van der Waals surface area contributed by atoms with E-state index in [0.29, 0.717) is 32.2 Å². The van der Waals surface area contributed by atoms with E-state index in [1.54, 1.807) is 20.8 Å². The molecule has 2 amide bonds. The van der Waals surface area contributed by atoms with Crippen LogP contribution in [0.4, 0.5) is 13.6 Å². The van der Waals surface area contributed by atoms with Crippen molar-refractivity contribution >= 4 is 23.0 Å². The molecule has 2 aliphatic carbocycles. The molecular formula is C33H43F2N3O4S. The smallest absolute Gasteiger partial charge is 0.410 e. The Kier molecular flexibility index (Phi) is 9.56. The molecule has 1 heterocycles. The molecule has 1 saturated carbocycles. The molecule has 0 radical (unpaired) electrons. The SMILES string of the molecule is CC(C)(C)[S@@](=O)N[C@H](C1CCCCC1)C(F)(F)CNC(=O)[C@@H]1CCCN1C(=O)OCC1c2ccccc2-c2ccccc21. The van der Waals surface area contributed by atoms with Crippen molar-refractivity contribution in [2.24, 2.45) is 5.92 Å². The number of likely N-dealkylation sites (tertiary alicyclic amines) is 1. The highest BCUT2D eigenvalue weighted by molar-refractivity contribution is 7.84. The predicted molar refractivity (Wildman–Crippen MR) is 164 cm³/mol. The number of nitrogens with one attached hydrogen (secondary N) is 2. The summed E-state index contributed by atoms with van der Waals surface area (Å²) >= 11 is 0. The number of carbonyl (C=O) groups is 2. The van der Waals surface area contributed by atoms with Gasteiger partial charge in [-0.3, -0.25) is 9.69 Å². The van der Waals surface area contributed by atoms with E-state index in [2.05, 4.69) is 22.2 Å². The topological polar surface area (TPSA) is 87.7 Å². The summed E-state index contributed by atoms with van der Waals surface area (Å²) in [4.78, 5) is 27.8. The standard InChI is InChI=1S/C33H43F2N3O4S/c1-32(2,3)43(41)37-29(22-12-5-4-6-13-22)33(34,35)21-36-30(39)28-18-11-19-38(28)31(40)42-20-27-25-16-9-7-14-23(25)24-15-8-10-17-26(24)27/h7-10,14-17,22,27-29,37H,4-6,11-13,18-21H2,1-3H3,(H,36,39)/t28-,29+,43+/m0/s1. The molecule has 2 fully saturated rings. The third-order valence-electron chi connectivity index (χ3n) is 8.99. The molecule has 7 nitrogen and oxygen atoms in total. The first kappa shape index (κ1) is 31.6. The van der Waals surface area contributed by atoms with Crippen molar-refractivity contribution in [2.75, 3.05) is 19.7 Å². The van der Waals surface area contributed by atoms with Gasteiger partial charge in [-0.2, -0.15) is 0 Å². The molecule has 1 saturated heterocycles. The summed E-state index contributed by atoms with van der Waals surface area (Å²) < 4.78 is 52.1. The summed E-state index contributed by atoms with van der Waals surface area (Å²) in [5.41, 5.74) is 4.41. The molecule has 0 bridgehead atoms. The third-order valence-corrected chi connectivity index (χ3v) is 10.6. The van der Waals surface area contributed by atoms with Crippen LogP contribution < -0.4 is 10.0 Å². The fraction of sp³-hybridized carbons (Fsp3) is 0.576. The van der Waals surface area contributed by atoms with Crippen LogP contribution in [0, 0.1) is 5.92 Å². The van der Waals surface area contributed by atoms with E-state index in [1.165, 1.54) is 4.90 Å². The molecule has 0 spiro atoms. The number of hydrogen-bond acceptors (Lipinski definition) is 4. The van der Waals surface area contributed by atoms with Crippen molar-refractivity contribution in [1.29, 1.82) is 0 Å². The van der Waals surface area contributed by atoms with Gasteiger partial charge >= 0.3 is 6.09 Å². The average Bonchev–Trinajstić information content (AvgIpc) is 3.61. The van der Waals surface area contributed by atoms with Gasteiger partial charge in [0.15, 0.2) is 0 Å². The number of nitrogens with zero attached hydrogens (tertiary/aromatic N) is 1. The lowest BCUT2D eigenvalue weighted by atomic mass is 9.82. The van der Waals surface area contributed by atoms with E-state index >= 15 is 8.78 Å². The molecule has 3 atom stereocenters. The molecule has 10 heteroatoms. The van der Waals surface area contributed by atoms with E-state index < -0.39 is 52.3 Å². The second-order valence-electron chi connectivity index (χ2n) is 13.0. The van der Waals surface area contributed by atoms with Gasteiger partial charge in [0.2, 0.25) is 5.91 Å². The first-order chi connectivity index (χ1) is 20.5. The van der Waals surface area contributed by atoms with Crippen LogP contribution in [-0.4, -0.2) is 63.6 Å². The molecule has 1 aliphatic heterocycles. The first-order valence-electron chi connectivity index (χ1n) is 15.4. The third kappa shape index (κ3) is 6.95. The van der Waals surface area contributed by atoms with Crippen LogP contribution in [0.25, 0.3) is 11.1 Å². The van der Waals surface area contributed by atoms with Crippen molar-refractivity contribution in [3.63, 3.8) is 0 Å². The summed E-state index contributed by atoms with van der Waals surface area (Å²) in [5, 5.41) is 2.43. The minimum Gasteiger partial charge on any atom is -0.448 e. The van der Waals surface area contributed by atoms with Crippen LogP contribution in [0.2, 0.25) is 0 Å². The maximum Gasteiger partial charge on any atom is 0.410 e. The Morgan fingerprint density at radius 3 is 2.16 bits per heavy atom. The Morgan fingerprint density at radius 2 is 1.56 bits per heavy atom. The molecule has 0 unspecified atom stereocenters. The highest BCUT2D eigenvalue weighted by Gasteiger charge is 2.47. The molecule has 2 N–H and O–H groups in total. The van der Waals surface area contributed by atoms with Gasteiger partial charge in [0.1, 0.15) is 12.6 Å². The Balaban J connectivity index is 1.21. The Morgan fingerprint density at radius 1 is 0.953 bits per heavy atom. The fourth-order valence-corrected chi connectivity index (χ4v) is 7.60. The maximum atomic E-state index is 15.7. The number of carbonyl (C=O) groups excluding carboxylic acids is 2. The molecule has 43 heavy (non-hydrogen) atoms. The van der Waals surface area contributed by atoms with E-state index in [4.69, 9.17) is 4.74 Å². The second-order valence-corrected chi connectivity index (χ2v) is 15.0. The Hall–Kier alpha value is -2.85. The summed E-state index contributed by atoms with van der Waals surface area (Å²) in [5.74, 6) is -4.40. The van der Waals surface area contributed by atoms with Crippen molar-refractivity contribution < 1.29 is 27.3 Å². The number of benzene rings is 2. The van der Waals surface area contributed by atoms with Crippen molar-refractivity contribution in [3.8, 4) is 11.1 Å². The number of halogens is 2. The number of amides is 2. The minimum atomic E-state index is -3.33. The molecule has 0 aromatic heterocycles. The first-order valence-corrected chi connectivity index (χ1v) is 16.6. The summed E-state index contributed by atoms with van der Waals surface area (Å²) in [6, 6.07) is 13.9. The lowest BCUT2D eigenvalue weighted by molar-refractivity contribution is -0.128. The quantitative estimate of drug-likeness (QED) is 0.354. The van der Waals surface area contributed by atoms with Crippen LogP contribution in [0.5, 0.6) is 0 Å². The zero-order valence-corrected chi connectivity index (χ0v) is 26.1. The summed E-state index contributed by atoms with van der Waals surface area (Å²) in [6.07, 6.45) is 4.29. The van der Waals surface area contributed by atoms with Crippen LogP contribution in [-0.2, 0) is 20.5 Å². The van der Waals surface area contributed by atoms with Gasteiger partial charge in [-0.05, 0) is 74.6 Å². The van der Waals surface area contributed by atoms with Crippen molar-refractivity contribution in [2.45, 2.75) is 94.4 Å². The van der Waals surface area contributed by atoms with Gasteiger partial charge in [-0.15, -0.1) is 0 Å². The van der Waals surface area contributed by atoms with Crippen LogP contribution >= 0.6 is 0 Å². The van der Waals surface area contributed by atoms with E-state index in [9.17, 15) is 13.8 Å². The minimum absolute atomic E-state index is 0.118. The zero-order chi connectivity index (χ0) is 30.8. The van der Waals surface area contributed by atoms with Gasteiger partial charge in [0.05, 0.1) is 28.3 Å². The average molecular weight is 616 g/mol. The number of rotatable bonds is 9. The number of ether oxygens (including phenoxy) is 1. The summed E-state index contributed by atoms with van der Waals surface area (Å²) in [7, 11) is -1.69. The van der Waals surface area contributed by atoms with Gasteiger partial charge < -0.3 is 10.1 Å². The normalized spacial score (nSPS) is 20.8.